The van der Waals surface area contributed by atoms with Gasteiger partial charge in [-0.2, -0.15) is 0 Å². The minimum absolute atomic E-state index is 0.531. The van der Waals surface area contributed by atoms with Gasteiger partial charge in [-0.05, 0) is 39.0 Å². The van der Waals surface area contributed by atoms with Crippen molar-refractivity contribution in [2.24, 2.45) is 11.3 Å². The lowest BCUT2D eigenvalue weighted by atomic mass is 9.93. The highest BCUT2D eigenvalue weighted by Crippen LogP contribution is 2.25. The monoisotopic (exact) mass is 199 g/mol. The van der Waals surface area contributed by atoms with Crippen molar-refractivity contribution < 1.29 is 9.90 Å². The molecular formula is C11H21NO2. The van der Waals surface area contributed by atoms with E-state index in [0.717, 1.165) is 5.92 Å². The van der Waals surface area contributed by atoms with Gasteiger partial charge in [-0.15, -0.1) is 0 Å². The van der Waals surface area contributed by atoms with E-state index in [0.29, 0.717) is 12.6 Å². The quantitative estimate of drug-likeness (QED) is 0.726. The van der Waals surface area contributed by atoms with Gasteiger partial charge in [0.05, 0.1) is 5.41 Å². The molecule has 0 aromatic carbocycles. The Labute approximate surface area is 85.9 Å². The lowest BCUT2D eigenvalue weighted by Gasteiger charge is -2.22. The van der Waals surface area contributed by atoms with Crippen LogP contribution in [0.25, 0.3) is 0 Å². The molecule has 14 heavy (non-hydrogen) atoms. The Balaban J connectivity index is 2.30. The Bertz CT molecular complexity index is 213. The van der Waals surface area contributed by atoms with Gasteiger partial charge >= 0.3 is 5.97 Å². The summed E-state index contributed by atoms with van der Waals surface area (Å²) < 4.78 is 0. The number of hydrogen-bond acceptors (Lipinski definition) is 2. The van der Waals surface area contributed by atoms with E-state index in [-0.39, 0.29) is 0 Å². The topological polar surface area (TPSA) is 49.3 Å². The van der Waals surface area contributed by atoms with Crippen molar-refractivity contribution in [3.8, 4) is 0 Å². The molecule has 0 saturated heterocycles. The number of rotatable bonds is 4. The van der Waals surface area contributed by atoms with E-state index < -0.39 is 11.4 Å². The van der Waals surface area contributed by atoms with E-state index in [1.807, 2.05) is 0 Å². The average molecular weight is 199 g/mol. The summed E-state index contributed by atoms with van der Waals surface area (Å²) in [7, 11) is 0. The van der Waals surface area contributed by atoms with Gasteiger partial charge < -0.3 is 10.4 Å². The molecule has 3 nitrogen and oxygen atoms in total. The maximum absolute atomic E-state index is 10.9. The molecule has 0 heterocycles. The first kappa shape index (κ1) is 11.5. The molecule has 0 aliphatic heterocycles. The summed E-state index contributed by atoms with van der Waals surface area (Å²) in [5, 5.41) is 12.3. The number of carboxylic acid groups (broad SMARTS) is 1. The van der Waals surface area contributed by atoms with E-state index >= 15 is 0 Å². The summed E-state index contributed by atoms with van der Waals surface area (Å²) in [6.45, 7) is 6.35. The second-order valence-corrected chi connectivity index (χ2v) is 5.19. The Hall–Kier alpha value is -0.570. The molecule has 1 fully saturated rings. The molecule has 3 heteroatoms. The van der Waals surface area contributed by atoms with E-state index in [1.165, 1.54) is 19.3 Å². The molecule has 0 amide bonds. The Morgan fingerprint density at radius 1 is 1.50 bits per heavy atom. The van der Waals surface area contributed by atoms with Gasteiger partial charge in [0, 0.05) is 12.6 Å². The summed E-state index contributed by atoms with van der Waals surface area (Å²) in [6, 6.07) is 0.531. The highest BCUT2D eigenvalue weighted by molar-refractivity contribution is 5.73. The van der Waals surface area contributed by atoms with Crippen LogP contribution in [0.1, 0.15) is 40.0 Å². The van der Waals surface area contributed by atoms with Gasteiger partial charge in [0.1, 0.15) is 0 Å². The number of hydrogen-bond donors (Lipinski definition) is 2. The summed E-state index contributed by atoms with van der Waals surface area (Å²) in [4.78, 5) is 10.9. The molecule has 2 unspecified atom stereocenters. The lowest BCUT2D eigenvalue weighted by molar-refractivity contribution is -0.146. The first-order valence-electron chi connectivity index (χ1n) is 5.38. The first-order chi connectivity index (χ1) is 6.42. The number of aliphatic carboxylic acids is 1. The van der Waals surface area contributed by atoms with Crippen molar-refractivity contribution in [3.63, 3.8) is 0 Å². The molecule has 1 rings (SSSR count). The fourth-order valence-corrected chi connectivity index (χ4v) is 1.87. The molecule has 0 spiro atoms. The molecule has 2 atom stereocenters. The number of carbonyl (C=O) groups is 1. The van der Waals surface area contributed by atoms with Crippen molar-refractivity contribution in [2.75, 3.05) is 6.54 Å². The van der Waals surface area contributed by atoms with Crippen LogP contribution in [0.3, 0.4) is 0 Å². The molecule has 0 bridgehead atoms. The minimum Gasteiger partial charge on any atom is -0.481 e. The summed E-state index contributed by atoms with van der Waals surface area (Å²) in [5.74, 6) is 0.0662. The Morgan fingerprint density at radius 3 is 2.57 bits per heavy atom. The van der Waals surface area contributed by atoms with Gasteiger partial charge in [-0.3, -0.25) is 4.79 Å². The van der Waals surface area contributed by atoms with Crippen LogP contribution in [0.4, 0.5) is 0 Å². The van der Waals surface area contributed by atoms with Gasteiger partial charge in [-0.25, -0.2) is 0 Å². The average Bonchev–Trinajstić information content (AvgIpc) is 2.48. The van der Waals surface area contributed by atoms with Crippen LogP contribution in [0.2, 0.25) is 0 Å². The highest BCUT2D eigenvalue weighted by Gasteiger charge is 2.29. The van der Waals surface area contributed by atoms with E-state index in [1.54, 1.807) is 13.8 Å². The summed E-state index contributed by atoms with van der Waals surface area (Å²) in [5.41, 5.74) is -0.647. The zero-order valence-corrected chi connectivity index (χ0v) is 9.34. The minimum atomic E-state index is -0.726. The third-order valence-electron chi connectivity index (χ3n) is 3.11. The molecule has 0 radical (unpaired) electrons. The molecule has 0 aromatic rings. The van der Waals surface area contributed by atoms with Crippen molar-refractivity contribution in [1.29, 1.82) is 0 Å². The van der Waals surface area contributed by atoms with Crippen LogP contribution >= 0.6 is 0 Å². The number of carboxylic acids is 1. The van der Waals surface area contributed by atoms with Crippen LogP contribution in [0, 0.1) is 11.3 Å². The second-order valence-electron chi connectivity index (χ2n) is 5.19. The predicted octanol–water partition coefficient (Wildman–Crippen LogP) is 1.88. The lowest BCUT2D eigenvalue weighted by Crippen LogP contribution is -2.40. The first-order valence-corrected chi connectivity index (χ1v) is 5.38. The summed E-state index contributed by atoms with van der Waals surface area (Å²) >= 11 is 0. The van der Waals surface area contributed by atoms with Crippen molar-refractivity contribution in [1.82, 2.24) is 5.32 Å². The van der Waals surface area contributed by atoms with Crippen LogP contribution in [0.15, 0.2) is 0 Å². The molecule has 1 saturated carbocycles. The van der Waals surface area contributed by atoms with E-state index in [2.05, 4.69) is 12.2 Å². The van der Waals surface area contributed by atoms with Gasteiger partial charge in [0.25, 0.3) is 0 Å². The molecule has 1 aliphatic rings. The van der Waals surface area contributed by atoms with Gasteiger partial charge in [-0.1, -0.05) is 6.92 Å². The Morgan fingerprint density at radius 2 is 2.14 bits per heavy atom. The van der Waals surface area contributed by atoms with E-state index in [4.69, 9.17) is 5.11 Å². The summed E-state index contributed by atoms with van der Waals surface area (Å²) in [6.07, 6.45) is 3.65. The third kappa shape index (κ3) is 2.98. The van der Waals surface area contributed by atoms with Crippen LogP contribution in [-0.4, -0.2) is 23.7 Å². The van der Waals surface area contributed by atoms with Crippen LogP contribution in [-0.2, 0) is 4.79 Å². The fraction of sp³-hybridized carbons (Fsp3) is 0.909. The number of nitrogens with one attached hydrogen (secondary N) is 1. The molecule has 82 valence electrons. The Kier molecular flexibility index (Phi) is 3.53. The zero-order valence-electron chi connectivity index (χ0n) is 9.34. The standard InChI is InChI=1S/C11H21NO2/c1-8-4-5-9(6-8)12-7-11(2,3)10(13)14/h8-9,12H,4-7H2,1-3H3,(H,13,14). The maximum atomic E-state index is 10.9. The van der Waals surface area contributed by atoms with Crippen LogP contribution in [0.5, 0.6) is 0 Å². The smallest absolute Gasteiger partial charge is 0.310 e. The van der Waals surface area contributed by atoms with Gasteiger partial charge in [0.15, 0.2) is 0 Å². The van der Waals surface area contributed by atoms with Gasteiger partial charge in [0.2, 0.25) is 0 Å². The van der Waals surface area contributed by atoms with Crippen LogP contribution < -0.4 is 5.32 Å². The zero-order chi connectivity index (χ0) is 10.8. The highest BCUT2D eigenvalue weighted by atomic mass is 16.4. The molecule has 1 aliphatic carbocycles. The molecule has 2 N–H and O–H groups in total. The molecular weight excluding hydrogens is 178 g/mol. The molecule has 0 aromatic heterocycles. The maximum Gasteiger partial charge on any atom is 0.310 e. The largest absolute Gasteiger partial charge is 0.481 e. The van der Waals surface area contributed by atoms with Crippen molar-refractivity contribution in [3.05, 3.63) is 0 Å². The second kappa shape index (κ2) is 4.30. The predicted molar refractivity (Wildman–Crippen MR) is 56.2 cm³/mol. The normalized spacial score (nSPS) is 27.9. The fourth-order valence-electron chi connectivity index (χ4n) is 1.87. The SMILES string of the molecule is CC1CCC(NCC(C)(C)C(=O)O)C1. The van der Waals surface area contributed by atoms with Crippen molar-refractivity contribution in [2.45, 2.75) is 46.1 Å². The van der Waals surface area contributed by atoms with E-state index in [9.17, 15) is 4.79 Å². The van der Waals surface area contributed by atoms with Crippen molar-refractivity contribution >= 4 is 5.97 Å². The third-order valence-corrected chi connectivity index (χ3v) is 3.11.